The number of amides is 1. The highest BCUT2D eigenvalue weighted by Gasteiger charge is 2.26. The molecule has 1 aliphatic rings. The van der Waals surface area contributed by atoms with Crippen molar-refractivity contribution in [2.45, 2.75) is 43.9 Å². The molecule has 0 spiro atoms. The maximum Gasteiger partial charge on any atom is 0.234 e. The van der Waals surface area contributed by atoms with E-state index >= 15 is 0 Å². The SMILES string of the molecule is CCC(CC)(CO)CNC(C)c1cc2c(s1)SCC(=O)N2. The third-order valence-corrected chi connectivity index (χ3v) is 6.98. The molecule has 0 aliphatic carbocycles. The summed E-state index contributed by atoms with van der Waals surface area (Å²) in [5.41, 5.74) is 0.915. The summed E-state index contributed by atoms with van der Waals surface area (Å²) < 4.78 is 1.19. The first-order valence-electron chi connectivity index (χ1n) is 7.44. The maximum absolute atomic E-state index is 11.4. The number of hydrogen-bond donors (Lipinski definition) is 3. The third kappa shape index (κ3) is 3.80. The van der Waals surface area contributed by atoms with Crippen LogP contribution in [0, 0.1) is 5.41 Å². The summed E-state index contributed by atoms with van der Waals surface area (Å²) in [6.45, 7) is 7.41. The second-order valence-electron chi connectivity index (χ2n) is 5.65. The number of aliphatic hydroxyl groups excluding tert-OH is 1. The fourth-order valence-electron chi connectivity index (χ4n) is 2.37. The molecule has 21 heavy (non-hydrogen) atoms. The summed E-state index contributed by atoms with van der Waals surface area (Å²) in [5.74, 6) is 0.586. The van der Waals surface area contributed by atoms with E-state index < -0.39 is 0 Å². The number of hydrogen-bond acceptors (Lipinski definition) is 5. The molecule has 118 valence electrons. The zero-order valence-electron chi connectivity index (χ0n) is 12.9. The molecule has 1 aromatic heterocycles. The van der Waals surface area contributed by atoms with E-state index in [4.69, 9.17) is 0 Å². The Kier molecular flexibility index (Phi) is 5.71. The number of thiophene rings is 1. The Hall–Kier alpha value is -0.560. The van der Waals surface area contributed by atoms with Crippen LogP contribution in [0.15, 0.2) is 10.3 Å². The minimum Gasteiger partial charge on any atom is -0.396 e. The Bertz CT molecular complexity index is 490. The summed E-state index contributed by atoms with van der Waals surface area (Å²) in [4.78, 5) is 12.6. The first kappa shape index (κ1) is 16.8. The molecule has 0 aromatic carbocycles. The van der Waals surface area contributed by atoms with Crippen LogP contribution >= 0.6 is 23.1 Å². The lowest BCUT2D eigenvalue weighted by atomic mass is 9.83. The number of fused-ring (bicyclic) bond motifs is 1. The Morgan fingerprint density at radius 1 is 1.48 bits per heavy atom. The number of thioether (sulfide) groups is 1. The van der Waals surface area contributed by atoms with Crippen LogP contribution in [-0.2, 0) is 4.79 Å². The average molecular weight is 329 g/mol. The number of aliphatic hydroxyl groups is 1. The number of nitrogens with one attached hydrogen (secondary N) is 2. The molecule has 2 rings (SSSR count). The number of carbonyl (C=O) groups excluding carboxylic acids is 1. The van der Waals surface area contributed by atoms with Crippen molar-refractivity contribution in [2.75, 3.05) is 24.2 Å². The molecule has 4 nitrogen and oxygen atoms in total. The first-order chi connectivity index (χ1) is 10.0. The second-order valence-corrected chi connectivity index (χ2v) is 7.98. The van der Waals surface area contributed by atoms with E-state index in [-0.39, 0.29) is 24.0 Å². The van der Waals surface area contributed by atoms with Gasteiger partial charge in [-0.25, -0.2) is 0 Å². The predicted molar refractivity (Wildman–Crippen MR) is 90.2 cm³/mol. The summed E-state index contributed by atoms with van der Waals surface area (Å²) in [5, 5.41) is 16.1. The Morgan fingerprint density at radius 3 is 2.81 bits per heavy atom. The summed E-state index contributed by atoms with van der Waals surface area (Å²) in [7, 11) is 0. The van der Waals surface area contributed by atoms with Gasteiger partial charge in [0, 0.05) is 29.5 Å². The van der Waals surface area contributed by atoms with Crippen LogP contribution in [0.2, 0.25) is 0 Å². The van der Waals surface area contributed by atoms with Crippen LogP contribution in [-0.4, -0.2) is 29.9 Å². The molecule has 1 amide bonds. The predicted octanol–water partition coefficient (Wildman–Crippen LogP) is 3.24. The highest BCUT2D eigenvalue weighted by atomic mass is 32.2. The van der Waals surface area contributed by atoms with Crippen LogP contribution in [0.25, 0.3) is 0 Å². The van der Waals surface area contributed by atoms with Gasteiger partial charge >= 0.3 is 0 Å². The molecule has 0 radical (unpaired) electrons. The normalized spacial score (nSPS) is 16.5. The van der Waals surface area contributed by atoms with E-state index in [1.807, 2.05) is 0 Å². The maximum atomic E-state index is 11.4. The van der Waals surface area contributed by atoms with E-state index in [2.05, 4.69) is 37.5 Å². The highest BCUT2D eigenvalue weighted by molar-refractivity contribution is 8.02. The summed E-state index contributed by atoms with van der Waals surface area (Å²) in [6, 6.07) is 2.29. The monoisotopic (exact) mass is 328 g/mol. The summed E-state index contributed by atoms with van der Waals surface area (Å²) >= 11 is 3.35. The lowest BCUT2D eigenvalue weighted by Gasteiger charge is -2.31. The van der Waals surface area contributed by atoms with Crippen LogP contribution in [0.5, 0.6) is 0 Å². The minimum absolute atomic E-state index is 0.0336. The van der Waals surface area contributed by atoms with Gasteiger partial charge in [-0.3, -0.25) is 4.79 Å². The average Bonchev–Trinajstić information content (AvgIpc) is 2.92. The van der Waals surface area contributed by atoms with Gasteiger partial charge < -0.3 is 15.7 Å². The highest BCUT2D eigenvalue weighted by Crippen LogP contribution is 2.41. The van der Waals surface area contributed by atoms with E-state index in [0.29, 0.717) is 5.75 Å². The van der Waals surface area contributed by atoms with E-state index in [0.717, 1.165) is 25.1 Å². The van der Waals surface area contributed by atoms with Crippen molar-refractivity contribution < 1.29 is 9.90 Å². The lowest BCUT2D eigenvalue weighted by molar-refractivity contribution is -0.113. The first-order valence-corrected chi connectivity index (χ1v) is 9.24. The molecular formula is C15H24N2O2S2. The lowest BCUT2D eigenvalue weighted by Crippen LogP contribution is -2.37. The van der Waals surface area contributed by atoms with Crippen molar-refractivity contribution in [3.05, 3.63) is 10.9 Å². The van der Waals surface area contributed by atoms with E-state index in [1.54, 1.807) is 23.1 Å². The molecular weight excluding hydrogens is 304 g/mol. The van der Waals surface area contributed by atoms with Gasteiger partial charge in [0.2, 0.25) is 5.91 Å². The fourth-order valence-corrected chi connectivity index (χ4v) is 4.54. The van der Waals surface area contributed by atoms with Gasteiger partial charge in [0.15, 0.2) is 0 Å². The van der Waals surface area contributed by atoms with Crippen molar-refractivity contribution in [2.24, 2.45) is 5.41 Å². The Labute approximate surface area is 134 Å². The summed E-state index contributed by atoms with van der Waals surface area (Å²) in [6.07, 6.45) is 1.93. The van der Waals surface area contributed by atoms with Crippen molar-refractivity contribution in [3.63, 3.8) is 0 Å². The Morgan fingerprint density at radius 2 is 2.19 bits per heavy atom. The molecule has 6 heteroatoms. The quantitative estimate of drug-likeness (QED) is 0.719. The molecule has 1 atom stereocenters. The standard InChI is InChI=1S/C15H24N2O2S2/c1-4-15(5-2,9-18)8-16-10(3)12-6-11-14(21-12)20-7-13(19)17-11/h6,10,16,18H,4-5,7-9H2,1-3H3,(H,17,19). The van der Waals surface area contributed by atoms with Gasteiger partial charge in [-0.2, -0.15) is 0 Å². The minimum atomic E-state index is -0.0336. The van der Waals surface area contributed by atoms with Gasteiger partial charge in [-0.1, -0.05) is 13.8 Å². The molecule has 1 aromatic rings. The number of carbonyl (C=O) groups is 1. The second kappa shape index (κ2) is 7.13. The van der Waals surface area contributed by atoms with Crippen molar-refractivity contribution >= 4 is 34.7 Å². The van der Waals surface area contributed by atoms with E-state index in [1.165, 1.54) is 9.09 Å². The van der Waals surface area contributed by atoms with Crippen LogP contribution < -0.4 is 10.6 Å². The topological polar surface area (TPSA) is 61.4 Å². The van der Waals surface area contributed by atoms with Gasteiger partial charge in [0.1, 0.15) is 0 Å². The molecule has 2 heterocycles. The molecule has 0 saturated carbocycles. The van der Waals surface area contributed by atoms with Crippen molar-refractivity contribution in [1.29, 1.82) is 0 Å². The Balaban J connectivity index is 2.01. The van der Waals surface area contributed by atoms with Crippen LogP contribution in [0.1, 0.15) is 44.5 Å². The largest absolute Gasteiger partial charge is 0.396 e. The number of rotatable bonds is 7. The van der Waals surface area contributed by atoms with E-state index in [9.17, 15) is 9.90 Å². The number of anilines is 1. The van der Waals surface area contributed by atoms with Gasteiger partial charge in [0.05, 0.1) is 15.6 Å². The molecule has 0 saturated heterocycles. The molecule has 0 fully saturated rings. The molecule has 1 aliphatic heterocycles. The van der Waals surface area contributed by atoms with Crippen LogP contribution in [0.3, 0.4) is 0 Å². The van der Waals surface area contributed by atoms with Crippen LogP contribution in [0.4, 0.5) is 5.69 Å². The van der Waals surface area contributed by atoms with Gasteiger partial charge in [0.25, 0.3) is 0 Å². The van der Waals surface area contributed by atoms with Crippen molar-refractivity contribution in [3.8, 4) is 0 Å². The van der Waals surface area contributed by atoms with Crippen molar-refractivity contribution in [1.82, 2.24) is 5.32 Å². The van der Waals surface area contributed by atoms with Gasteiger partial charge in [-0.05, 0) is 25.8 Å². The smallest absolute Gasteiger partial charge is 0.234 e. The zero-order valence-corrected chi connectivity index (χ0v) is 14.5. The molecule has 1 unspecified atom stereocenters. The zero-order chi connectivity index (χ0) is 15.5. The third-order valence-electron chi connectivity index (χ3n) is 4.37. The molecule has 0 bridgehead atoms. The van der Waals surface area contributed by atoms with Gasteiger partial charge in [-0.15, -0.1) is 23.1 Å². The molecule has 3 N–H and O–H groups in total. The fraction of sp³-hybridized carbons (Fsp3) is 0.667.